The zero-order chi connectivity index (χ0) is 22.8. The lowest BCUT2D eigenvalue weighted by molar-refractivity contribution is 0.302. The molecule has 2 aromatic rings. The second-order valence-electron chi connectivity index (χ2n) is 9.12. The van der Waals surface area contributed by atoms with E-state index >= 15 is 0 Å². The van der Waals surface area contributed by atoms with Crippen molar-refractivity contribution < 1.29 is 4.74 Å². The molecule has 0 aromatic heterocycles. The fourth-order valence-electron chi connectivity index (χ4n) is 4.95. The zero-order valence-corrected chi connectivity index (χ0v) is 19.7. The van der Waals surface area contributed by atoms with E-state index in [4.69, 9.17) is 4.74 Å². The molecule has 3 rings (SSSR count). The third kappa shape index (κ3) is 5.92. The summed E-state index contributed by atoms with van der Waals surface area (Å²) in [6.45, 7) is 5.12. The van der Waals surface area contributed by atoms with E-state index in [1.165, 1.54) is 38.5 Å². The van der Waals surface area contributed by atoms with Gasteiger partial charge in [0.05, 0.1) is 17.7 Å². The molecule has 3 nitrogen and oxygen atoms in total. The minimum Gasteiger partial charge on any atom is -0.494 e. The summed E-state index contributed by atoms with van der Waals surface area (Å²) in [6.07, 6.45) is 12.2. The molecule has 0 heterocycles. The van der Waals surface area contributed by atoms with Crippen LogP contribution >= 0.6 is 0 Å². The Hall–Kier alpha value is -2.78. The number of rotatable bonds is 10. The lowest BCUT2D eigenvalue weighted by Gasteiger charge is -2.29. The highest BCUT2D eigenvalue weighted by atomic mass is 16.5. The van der Waals surface area contributed by atoms with E-state index in [0.29, 0.717) is 23.7 Å². The van der Waals surface area contributed by atoms with Gasteiger partial charge in [0.25, 0.3) is 0 Å². The van der Waals surface area contributed by atoms with Crippen LogP contribution in [0.2, 0.25) is 0 Å². The molecule has 0 amide bonds. The van der Waals surface area contributed by atoms with Crippen LogP contribution in [0.1, 0.15) is 101 Å². The Balaban J connectivity index is 1.76. The second kappa shape index (κ2) is 12.3. The van der Waals surface area contributed by atoms with Crippen molar-refractivity contribution >= 4 is 0 Å². The molecule has 0 unspecified atom stereocenters. The highest BCUT2D eigenvalue weighted by Gasteiger charge is 2.26. The molecule has 0 spiro atoms. The van der Waals surface area contributed by atoms with Crippen LogP contribution < -0.4 is 4.74 Å². The summed E-state index contributed by atoms with van der Waals surface area (Å²) in [5, 5.41) is 19.9. The van der Waals surface area contributed by atoms with Crippen LogP contribution in [0.5, 0.6) is 5.75 Å². The highest BCUT2D eigenvalue weighted by Crippen LogP contribution is 2.41. The Bertz CT molecular complexity index is 941. The molecule has 1 saturated carbocycles. The minimum absolute atomic E-state index is 0.391. The fraction of sp³-hybridized carbons (Fsp3) is 0.517. The van der Waals surface area contributed by atoms with Gasteiger partial charge in [-0.25, -0.2) is 0 Å². The first-order valence-electron chi connectivity index (χ1n) is 12.4. The third-order valence-electron chi connectivity index (χ3n) is 6.90. The van der Waals surface area contributed by atoms with E-state index in [9.17, 15) is 10.5 Å². The van der Waals surface area contributed by atoms with Crippen LogP contribution in [0.3, 0.4) is 0 Å². The van der Waals surface area contributed by atoms with Gasteiger partial charge in [0, 0.05) is 5.56 Å². The normalized spacial score (nSPS) is 18.0. The van der Waals surface area contributed by atoms with E-state index in [0.717, 1.165) is 54.0 Å². The molecule has 3 heteroatoms. The van der Waals surface area contributed by atoms with Gasteiger partial charge in [0.2, 0.25) is 0 Å². The van der Waals surface area contributed by atoms with Gasteiger partial charge in [0.15, 0.2) is 0 Å². The number of nitriles is 2. The van der Waals surface area contributed by atoms with Crippen LogP contribution in [-0.2, 0) is 0 Å². The maximum Gasteiger partial charge on any atom is 0.119 e. The molecule has 0 N–H and O–H groups in total. The molecule has 0 radical (unpaired) electrons. The number of ether oxygens (including phenoxy) is 1. The average Bonchev–Trinajstić information content (AvgIpc) is 2.84. The van der Waals surface area contributed by atoms with Crippen LogP contribution in [0.4, 0.5) is 0 Å². The lowest BCUT2D eigenvalue weighted by Crippen LogP contribution is -2.15. The van der Waals surface area contributed by atoms with Gasteiger partial charge in [-0.3, -0.25) is 0 Å². The van der Waals surface area contributed by atoms with E-state index < -0.39 is 0 Å². The summed E-state index contributed by atoms with van der Waals surface area (Å²) in [7, 11) is 0. The van der Waals surface area contributed by atoms with Gasteiger partial charge in [-0.1, -0.05) is 70.2 Å². The quantitative estimate of drug-likeness (QED) is 0.359. The summed E-state index contributed by atoms with van der Waals surface area (Å²) in [4.78, 5) is 0. The third-order valence-corrected chi connectivity index (χ3v) is 6.90. The second-order valence-corrected chi connectivity index (χ2v) is 9.12. The fourth-order valence-corrected chi connectivity index (χ4v) is 4.95. The van der Waals surface area contributed by atoms with Crippen molar-refractivity contribution in [3.05, 3.63) is 53.1 Å². The molecule has 0 bridgehead atoms. The van der Waals surface area contributed by atoms with Crippen LogP contribution in [0.25, 0.3) is 11.1 Å². The number of hydrogen-bond donors (Lipinski definition) is 0. The smallest absolute Gasteiger partial charge is 0.119 e. The maximum absolute atomic E-state index is 9.97. The summed E-state index contributed by atoms with van der Waals surface area (Å²) in [5.74, 6) is 2.06. The van der Waals surface area contributed by atoms with E-state index in [2.05, 4.69) is 32.1 Å². The molecule has 32 heavy (non-hydrogen) atoms. The van der Waals surface area contributed by atoms with E-state index in [-0.39, 0.29) is 0 Å². The first-order valence-corrected chi connectivity index (χ1v) is 12.4. The standard InChI is InChI=1S/C29H36N2O/c1-3-5-7-8-22-9-11-23(12-10-22)26-17-18-27(29(21-31)28(26)20-30)24-13-15-25(16-14-24)32-19-6-4-2/h13-18,22-23H,3-12,19H2,1-2H3. The summed E-state index contributed by atoms with van der Waals surface area (Å²) in [6, 6.07) is 16.7. The van der Waals surface area contributed by atoms with Crippen molar-refractivity contribution in [3.63, 3.8) is 0 Å². The van der Waals surface area contributed by atoms with E-state index in [1.54, 1.807) is 0 Å². The Morgan fingerprint density at radius 3 is 2.12 bits per heavy atom. The Kier molecular flexibility index (Phi) is 9.18. The van der Waals surface area contributed by atoms with Crippen molar-refractivity contribution in [1.82, 2.24) is 0 Å². The predicted molar refractivity (Wildman–Crippen MR) is 131 cm³/mol. The van der Waals surface area contributed by atoms with Crippen LogP contribution in [0, 0.1) is 28.6 Å². The molecule has 1 fully saturated rings. The first kappa shape index (κ1) is 23.9. The molecule has 168 valence electrons. The van der Waals surface area contributed by atoms with Crippen molar-refractivity contribution in [2.24, 2.45) is 5.92 Å². The summed E-state index contributed by atoms with van der Waals surface area (Å²) in [5.41, 5.74) is 3.94. The monoisotopic (exact) mass is 428 g/mol. The SMILES string of the molecule is CCCCCC1CCC(c2ccc(-c3ccc(OCCCC)cc3)c(C#N)c2C#N)CC1. The maximum atomic E-state index is 9.97. The molecule has 1 aliphatic carbocycles. The van der Waals surface area contributed by atoms with Gasteiger partial charge >= 0.3 is 0 Å². The van der Waals surface area contributed by atoms with Gasteiger partial charge in [-0.05, 0) is 67.2 Å². The Morgan fingerprint density at radius 2 is 1.50 bits per heavy atom. The molecule has 0 aliphatic heterocycles. The minimum atomic E-state index is 0.391. The van der Waals surface area contributed by atoms with Gasteiger partial charge in [-0.2, -0.15) is 10.5 Å². The van der Waals surface area contributed by atoms with Crippen molar-refractivity contribution in [2.75, 3.05) is 6.61 Å². The number of nitrogens with zero attached hydrogens (tertiary/aromatic N) is 2. The average molecular weight is 429 g/mol. The highest BCUT2D eigenvalue weighted by molar-refractivity contribution is 5.75. The zero-order valence-electron chi connectivity index (χ0n) is 19.7. The Morgan fingerprint density at radius 1 is 0.812 bits per heavy atom. The lowest BCUT2D eigenvalue weighted by atomic mass is 9.75. The number of unbranched alkanes of at least 4 members (excludes halogenated alkanes) is 3. The largest absolute Gasteiger partial charge is 0.494 e. The first-order chi connectivity index (χ1) is 15.7. The predicted octanol–water partition coefficient (Wildman–Crippen LogP) is 8.13. The van der Waals surface area contributed by atoms with Crippen molar-refractivity contribution in [1.29, 1.82) is 10.5 Å². The molecule has 0 saturated heterocycles. The van der Waals surface area contributed by atoms with Crippen LogP contribution in [0.15, 0.2) is 36.4 Å². The van der Waals surface area contributed by atoms with Gasteiger partial charge in [-0.15, -0.1) is 0 Å². The van der Waals surface area contributed by atoms with Crippen molar-refractivity contribution in [3.8, 4) is 29.0 Å². The van der Waals surface area contributed by atoms with E-state index in [1.807, 2.05) is 30.3 Å². The van der Waals surface area contributed by atoms with Crippen LogP contribution in [-0.4, -0.2) is 6.61 Å². The number of benzene rings is 2. The van der Waals surface area contributed by atoms with Gasteiger partial charge in [0.1, 0.15) is 17.9 Å². The van der Waals surface area contributed by atoms with Gasteiger partial charge < -0.3 is 4.74 Å². The molecular weight excluding hydrogens is 392 g/mol. The molecular formula is C29H36N2O. The summed E-state index contributed by atoms with van der Waals surface area (Å²) >= 11 is 0. The van der Waals surface area contributed by atoms with Crippen molar-refractivity contribution in [2.45, 2.75) is 84.0 Å². The topological polar surface area (TPSA) is 56.8 Å². The summed E-state index contributed by atoms with van der Waals surface area (Å²) < 4.78 is 5.76. The Labute approximate surface area is 194 Å². The number of hydrogen-bond acceptors (Lipinski definition) is 3. The molecule has 0 atom stereocenters. The molecule has 1 aliphatic rings. The molecule has 2 aromatic carbocycles.